The third-order valence-electron chi connectivity index (χ3n) is 6.78. The number of likely N-dealkylation sites (tertiary alicyclic amines) is 1. The monoisotopic (exact) mass is 498 g/mol. The lowest BCUT2D eigenvalue weighted by Gasteiger charge is -2.41. The van der Waals surface area contributed by atoms with Gasteiger partial charge in [0.25, 0.3) is 5.91 Å². The summed E-state index contributed by atoms with van der Waals surface area (Å²) in [7, 11) is 3.77. The molecule has 0 bridgehead atoms. The minimum atomic E-state index is -1.15. The van der Waals surface area contributed by atoms with Crippen LogP contribution in [0.1, 0.15) is 23.3 Å². The smallest absolute Gasteiger partial charge is 0.325 e. The number of amides is 4. The van der Waals surface area contributed by atoms with Crippen molar-refractivity contribution in [2.75, 3.05) is 40.3 Å². The first-order valence-electron chi connectivity index (χ1n) is 11.8. The summed E-state index contributed by atoms with van der Waals surface area (Å²) < 4.78 is 13.9. The molecule has 0 saturated carbocycles. The highest BCUT2D eigenvalue weighted by Crippen LogP contribution is 2.36. The van der Waals surface area contributed by atoms with Gasteiger partial charge in [-0.3, -0.25) is 14.5 Å². The third-order valence-corrected chi connectivity index (χ3v) is 7.62. The molecule has 186 valence electrons. The summed E-state index contributed by atoms with van der Waals surface area (Å²) >= 11 is 1.57. The Bertz CT molecular complexity index is 1100. The van der Waals surface area contributed by atoms with Crippen LogP contribution in [0.25, 0.3) is 6.08 Å². The van der Waals surface area contributed by atoms with Crippen molar-refractivity contribution in [3.8, 4) is 0 Å². The molecule has 1 atom stereocenters. The minimum Gasteiger partial charge on any atom is -0.339 e. The molecule has 2 aliphatic rings. The number of rotatable bonds is 8. The molecule has 7 nitrogen and oxygen atoms in total. The molecular weight excluding hydrogens is 467 g/mol. The van der Waals surface area contributed by atoms with Crippen LogP contribution in [0, 0.1) is 11.7 Å². The molecule has 0 aliphatic carbocycles. The molecule has 2 aromatic rings. The molecule has 3 heterocycles. The van der Waals surface area contributed by atoms with Crippen LogP contribution in [0.3, 0.4) is 0 Å². The number of thiophene rings is 1. The first-order chi connectivity index (χ1) is 16.8. The van der Waals surface area contributed by atoms with E-state index in [0.29, 0.717) is 38.0 Å². The molecule has 4 rings (SSSR count). The van der Waals surface area contributed by atoms with Crippen LogP contribution < -0.4 is 5.32 Å². The Morgan fingerprint density at radius 3 is 2.66 bits per heavy atom. The van der Waals surface area contributed by atoms with E-state index in [1.54, 1.807) is 34.4 Å². The number of benzene rings is 1. The number of nitrogens with one attached hydrogen (secondary N) is 1. The van der Waals surface area contributed by atoms with Gasteiger partial charge in [0.15, 0.2) is 0 Å². The second kappa shape index (κ2) is 10.7. The fourth-order valence-corrected chi connectivity index (χ4v) is 5.51. The Hall–Kier alpha value is -3.04. The molecule has 1 aromatic carbocycles. The number of carbonyl (C=O) groups excluding carboxylic acids is 3. The Morgan fingerprint density at radius 1 is 1.23 bits per heavy atom. The number of hydrogen-bond donors (Lipinski definition) is 1. The second-order valence-electron chi connectivity index (χ2n) is 9.42. The van der Waals surface area contributed by atoms with Crippen LogP contribution in [-0.4, -0.2) is 78.4 Å². The van der Waals surface area contributed by atoms with Gasteiger partial charge in [0, 0.05) is 43.6 Å². The van der Waals surface area contributed by atoms with Crippen molar-refractivity contribution in [1.82, 2.24) is 20.0 Å². The van der Waals surface area contributed by atoms with E-state index < -0.39 is 11.6 Å². The number of hydrogen-bond acceptors (Lipinski definition) is 5. The largest absolute Gasteiger partial charge is 0.339 e. The second-order valence-corrected chi connectivity index (χ2v) is 10.4. The van der Waals surface area contributed by atoms with Crippen molar-refractivity contribution in [1.29, 1.82) is 0 Å². The van der Waals surface area contributed by atoms with Crippen LogP contribution in [0.2, 0.25) is 0 Å². The summed E-state index contributed by atoms with van der Waals surface area (Å²) in [5.41, 5.74) is -0.496. The standard InChI is InChI=1S/C26H31FN4O3S/c1-29(2)14-15-31-24(33)26(28-25(31)34,18-19-5-3-6-21(27)17-19)20-10-12-30(13-11-20)23(32)9-8-22-7-4-16-35-22/h3-9,16-17,20H,10-15,18H2,1-2H3,(H,28,34). The van der Waals surface area contributed by atoms with Gasteiger partial charge in [-0.15, -0.1) is 11.3 Å². The Balaban J connectivity index is 1.52. The van der Waals surface area contributed by atoms with Crippen LogP contribution in [0.4, 0.5) is 9.18 Å². The number of nitrogens with zero attached hydrogens (tertiary/aromatic N) is 3. The molecular formula is C26H31FN4O3S. The molecule has 4 amide bonds. The first kappa shape index (κ1) is 25.1. The van der Waals surface area contributed by atoms with Gasteiger partial charge in [-0.1, -0.05) is 18.2 Å². The molecule has 2 aliphatic heterocycles. The predicted octanol–water partition coefficient (Wildman–Crippen LogP) is 3.23. The Kier molecular flexibility index (Phi) is 7.66. The van der Waals surface area contributed by atoms with Crippen LogP contribution >= 0.6 is 11.3 Å². The fraction of sp³-hybridized carbons (Fsp3) is 0.423. The van der Waals surface area contributed by atoms with Gasteiger partial charge < -0.3 is 15.1 Å². The molecule has 2 saturated heterocycles. The third kappa shape index (κ3) is 5.62. The van der Waals surface area contributed by atoms with Gasteiger partial charge in [0.2, 0.25) is 5.91 Å². The lowest BCUT2D eigenvalue weighted by Crippen LogP contribution is -2.58. The van der Waals surface area contributed by atoms with E-state index in [-0.39, 0.29) is 36.5 Å². The maximum atomic E-state index is 13.9. The van der Waals surface area contributed by atoms with E-state index >= 15 is 0 Å². The SMILES string of the molecule is CN(C)CCN1C(=O)NC(Cc2cccc(F)c2)(C2CCN(C(=O)C=Cc3cccs3)CC2)C1=O. The van der Waals surface area contributed by atoms with Gasteiger partial charge >= 0.3 is 6.03 Å². The number of imide groups is 1. The highest BCUT2D eigenvalue weighted by atomic mass is 32.1. The fourth-order valence-electron chi connectivity index (χ4n) is 4.90. The number of halogens is 1. The zero-order chi connectivity index (χ0) is 25.0. The topological polar surface area (TPSA) is 73.0 Å². The van der Waals surface area contributed by atoms with E-state index in [9.17, 15) is 18.8 Å². The van der Waals surface area contributed by atoms with Crippen molar-refractivity contribution in [2.45, 2.75) is 24.8 Å². The molecule has 2 fully saturated rings. The maximum Gasteiger partial charge on any atom is 0.325 e. The first-order valence-corrected chi connectivity index (χ1v) is 12.7. The maximum absolute atomic E-state index is 13.9. The zero-order valence-electron chi connectivity index (χ0n) is 20.1. The number of urea groups is 1. The van der Waals surface area contributed by atoms with E-state index in [4.69, 9.17) is 0 Å². The van der Waals surface area contributed by atoms with E-state index in [1.165, 1.54) is 17.0 Å². The van der Waals surface area contributed by atoms with Crippen molar-refractivity contribution < 1.29 is 18.8 Å². The Labute approximate surface area is 209 Å². The van der Waals surface area contributed by atoms with Crippen LogP contribution in [-0.2, 0) is 16.0 Å². The summed E-state index contributed by atoms with van der Waals surface area (Å²) in [6, 6.07) is 9.65. The van der Waals surface area contributed by atoms with Gasteiger partial charge in [0.05, 0.1) is 0 Å². The quantitative estimate of drug-likeness (QED) is 0.448. The van der Waals surface area contributed by atoms with E-state index in [1.807, 2.05) is 42.6 Å². The number of piperidine rings is 1. The summed E-state index contributed by atoms with van der Waals surface area (Å²) in [5, 5.41) is 4.96. The summed E-state index contributed by atoms with van der Waals surface area (Å²) in [6.45, 7) is 1.82. The molecule has 1 N–H and O–H groups in total. The van der Waals surface area contributed by atoms with Gasteiger partial charge in [-0.2, -0.15) is 0 Å². The molecule has 0 spiro atoms. The van der Waals surface area contributed by atoms with Crippen molar-refractivity contribution in [2.24, 2.45) is 5.92 Å². The summed E-state index contributed by atoms with van der Waals surface area (Å²) in [5.74, 6) is -0.880. The highest BCUT2D eigenvalue weighted by molar-refractivity contribution is 7.10. The summed E-state index contributed by atoms with van der Waals surface area (Å²) in [6.07, 6.45) is 4.75. The lowest BCUT2D eigenvalue weighted by molar-refractivity contribution is -0.134. The van der Waals surface area contributed by atoms with Crippen LogP contribution in [0.5, 0.6) is 0 Å². The van der Waals surface area contributed by atoms with Crippen molar-refractivity contribution >= 4 is 35.3 Å². The molecule has 1 unspecified atom stereocenters. The molecule has 0 radical (unpaired) electrons. The average Bonchev–Trinajstić information content (AvgIpc) is 3.43. The minimum absolute atomic E-state index is 0.0644. The van der Waals surface area contributed by atoms with Gasteiger partial charge in [-0.05, 0) is 68.1 Å². The predicted molar refractivity (Wildman–Crippen MR) is 134 cm³/mol. The summed E-state index contributed by atoms with van der Waals surface area (Å²) in [4.78, 5) is 45.3. The zero-order valence-corrected chi connectivity index (χ0v) is 20.9. The van der Waals surface area contributed by atoms with Crippen molar-refractivity contribution in [3.05, 3.63) is 64.1 Å². The number of carbonyl (C=O) groups is 3. The van der Waals surface area contributed by atoms with Crippen LogP contribution in [0.15, 0.2) is 47.9 Å². The molecule has 35 heavy (non-hydrogen) atoms. The highest BCUT2D eigenvalue weighted by Gasteiger charge is 2.55. The van der Waals surface area contributed by atoms with E-state index in [2.05, 4.69) is 5.32 Å². The lowest BCUT2D eigenvalue weighted by atomic mass is 9.74. The van der Waals surface area contributed by atoms with E-state index in [0.717, 1.165) is 4.88 Å². The van der Waals surface area contributed by atoms with Crippen molar-refractivity contribution in [3.63, 3.8) is 0 Å². The molecule has 9 heteroatoms. The van der Waals surface area contributed by atoms with Gasteiger partial charge in [-0.25, -0.2) is 9.18 Å². The number of likely N-dealkylation sites (N-methyl/N-ethyl adjacent to an activating group) is 1. The molecule has 1 aromatic heterocycles. The van der Waals surface area contributed by atoms with Gasteiger partial charge in [0.1, 0.15) is 11.4 Å². The Morgan fingerprint density at radius 2 is 2.00 bits per heavy atom. The normalized spacial score (nSPS) is 21.4. The average molecular weight is 499 g/mol.